The van der Waals surface area contributed by atoms with Gasteiger partial charge in [-0.1, -0.05) is 13.0 Å². The number of anilines is 1. The molecule has 2 aromatic carbocycles. The van der Waals surface area contributed by atoms with Crippen LogP contribution in [0.3, 0.4) is 0 Å². The zero-order valence-corrected chi connectivity index (χ0v) is 16.4. The second-order valence-electron chi connectivity index (χ2n) is 5.81. The van der Waals surface area contributed by atoms with E-state index in [2.05, 4.69) is 17.2 Å². The van der Waals surface area contributed by atoms with E-state index >= 15 is 0 Å². The molecule has 0 bridgehead atoms. The Morgan fingerprint density at radius 1 is 1.19 bits per heavy atom. The molecule has 4 rings (SSSR count). The Bertz CT molecular complexity index is 971. The van der Waals surface area contributed by atoms with Gasteiger partial charge < -0.3 is 9.47 Å². The first-order valence-electron chi connectivity index (χ1n) is 8.62. The molecule has 0 spiro atoms. The van der Waals surface area contributed by atoms with E-state index in [-0.39, 0.29) is 5.91 Å². The van der Waals surface area contributed by atoms with Crippen LogP contribution >= 0.6 is 23.1 Å². The van der Waals surface area contributed by atoms with Gasteiger partial charge in [0.15, 0.2) is 16.6 Å². The fraction of sp³-hybridized carbons (Fsp3) is 0.200. The zero-order chi connectivity index (χ0) is 18.6. The number of carbonyl (C=O) groups excluding carboxylic acids is 1. The van der Waals surface area contributed by atoms with Crippen molar-refractivity contribution in [2.24, 2.45) is 0 Å². The first-order chi connectivity index (χ1) is 13.2. The lowest BCUT2D eigenvalue weighted by Crippen LogP contribution is -2.15. The summed E-state index contributed by atoms with van der Waals surface area (Å²) in [5, 5.41) is 5.37. The average Bonchev–Trinajstić information content (AvgIpc) is 3.16. The van der Waals surface area contributed by atoms with Gasteiger partial charge in [-0.3, -0.25) is 10.1 Å². The van der Waals surface area contributed by atoms with Crippen molar-refractivity contribution < 1.29 is 14.3 Å². The van der Waals surface area contributed by atoms with Crippen LogP contribution in [0.25, 0.3) is 11.3 Å². The summed E-state index contributed by atoms with van der Waals surface area (Å²) in [4.78, 5) is 18.1. The summed E-state index contributed by atoms with van der Waals surface area (Å²) in [7, 11) is 0. The summed E-state index contributed by atoms with van der Waals surface area (Å²) >= 11 is 3.11. The highest BCUT2D eigenvalue weighted by Gasteiger charge is 2.15. The smallest absolute Gasteiger partial charge is 0.257 e. The summed E-state index contributed by atoms with van der Waals surface area (Å²) in [5.41, 5.74) is 2.35. The molecule has 1 aromatic heterocycles. The van der Waals surface area contributed by atoms with E-state index in [1.807, 2.05) is 47.8 Å². The van der Waals surface area contributed by atoms with Crippen LogP contribution in [0.1, 0.15) is 17.3 Å². The molecule has 1 aliphatic heterocycles. The number of rotatable bonds is 5. The molecule has 0 saturated heterocycles. The number of hydrogen-bond donors (Lipinski definition) is 1. The van der Waals surface area contributed by atoms with Gasteiger partial charge in [0.25, 0.3) is 5.91 Å². The molecule has 0 fully saturated rings. The first kappa shape index (κ1) is 17.9. The van der Waals surface area contributed by atoms with Crippen LogP contribution in [0.15, 0.2) is 52.7 Å². The van der Waals surface area contributed by atoms with Gasteiger partial charge in [0.05, 0.1) is 5.69 Å². The summed E-state index contributed by atoms with van der Waals surface area (Å²) in [6, 6.07) is 13.4. The van der Waals surface area contributed by atoms with Gasteiger partial charge in [-0.2, -0.15) is 0 Å². The molecule has 5 nitrogen and oxygen atoms in total. The lowest BCUT2D eigenvalue weighted by Gasteiger charge is -2.18. The molecule has 1 aliphatic rings. The number of aromatic nitrogens is 1. The van der Waals surface area contributed by atoms with Crippen LogP contribution in [-0.2, 0) is 0 Å². The maximum Gasteiger partial charge on any atom is 0.257 e. The van der Waals surface area contributed by atoms with Gasteiger partial charge in [0.2, 0.25) is 0 Å². The lowest BCUT2D eigenvalue weighted by atomic mass is 10.1. The van der Waals surface area contributed by atoms with Crippen molar-refractivity contribution in [3.05, 3.63) is 53.4 Å². The standard InChI is InChI=1S/C20H18N2O3S2/c1-2-26-15-5-3-4-14(10-15)19(23)22-20-21-16(12-27-20)13-6-7-17-18(11-13)25-9-8-24-17/h3-7,10-12H,2,8-9H2,1H3,(H,21,22,23). The largest absolute Gasteiger partial charge is 0.486 e. The summed E-state index contributed by atoms with van der Waals surface area (Å²) < 4.78 is 11.2. The van der Waals surface area contributed by atoms with Crippen LogP contribution in [0.5, 0.6) is 11.5 Å². The minimum atomic E-state index is -0.156. The monoisotopic (exact) mass is 398 g/mol. The quantitative estimate of drug-likeness (QED) is 0.617. The van der Waals surface area contributed by atoms with Crippen molar-refractivity contribution in [2.75, 3.05) is 24.3 Å². The van der Waals surface area contributed by atoms with E-state index in [4.69, 9.17) is 9.47 Å². The predicted octanol–water partition coefficient (Wildman–Crippen LogP) is 4.95. The number of nitrogens with zero attached hydrogens (tertiary/aromatic N) is 1. The summed E-state index contributed by atoms with van der Waals surface area (Å²) in [6.45, 7) is 3.20. The third-order valence-corrected chi connectivity index (χ3v) is 5.60. The second kappa shape index (κ2) is 8.02. The van der Waals surface area contributed by atoms with Crippen molar-refractivity contribution in [3.8, 4) is 22.8 Å². The number of nitrogens with one attached hydrogen (secondary N) is 1. The van der Waals surface area contributed by atoms with Gasteiger partial charge in [0, 0.05) is 21.4 Å². The predicted molar refractivity (Wildman–Crippen MR) is 109 cm³/mol. The molecule has 27 heavy (non-hydrogen) atoms. The maximum atomic E-state index is 12.5. The number of carbonyl (C=O) groups is 1. The van der Waals surface area contributed by atoms with E-state index in [0.29, 0.717) is 23.9 Å². The van der Waals surface area contributed by atoms with Crippen LogP contribution in [0.2, 0.25) is 0 Å². The van der Waals surface area contributed by atoms with Gasteiger partial charge >= 0.3 is 0 Å². The highest BCUT2D eigenvalue weighted by molar-refractivity contribution is 7.99. The molecule has 1 amide bonds. The molecule has 0 atom stereocenters. The molecule has 138 valence electrons. The molecule has 3 aromatic rings. The van der Waals surface area contributed by atoms with E-state index in [0.717, 1.165) is 33.4 Å². The molecular weight excluding hydrogens is 380 g/mol. The van der Waals surface area contributed by atoms with Gasteiger partial charge in [-0.25, -0.2) is 4.98 Å². The Morgan fingerprint density at radius 3 is 2.89 bits per heavy atom. The zero-order valence-electron chi connectivity index (χ0n) is 14.7. The minimum absolute atomic E-state index is 0.156. The highest BCUT2D eigenvalue weighted by atomic mass is 32.2. The lowest BCUT2D eigenvalue weighted by molar-refractivity contribution is 0.102. The fourth-order valence-corrected chi connectivity index (χ4v) is 4.16. The molecule has 7 heteroatoms. The topological polar surface area (TPSA) is 60.5 Å². The molecule has 2 heterocycles. The number of thioether (sulfide) groups is 1. The molecule has 0 radical (unpaired) electrons. The Morgan fingerprint density at radius 2 is 2.04 bits per heavy atom. The van der Waals surface area contributed by atoms with Crippen molar-refractivity contribution in [1.82, 2.24) is 4.98 Å². The summed E-state index contributed by atoms with van der Waals surface area (Å²) in [6.07, 6.45) is 0. The molecule has 1 N–H and O–H groups in total. The molecule has 0 saturated carbocycles. The number of hydrogen-bond acceptors (Lipinski definition) is 6. The van der Waals surface area contributed by atoms with E-state index in [9.17, 15) is 4.79 Å². The first-order valence-corrected chi connectivity index (χ1v) is 10.5. The fourth-order valence-electron chi connectivity index (χ4n) is 2.73. The maximum absolute atomic E-state index is 12.5. The number of thiazole rings is 1. The van der Waals surface area contributed by atoms with Crippen LogP contribution in [0.4, 0.5) is 5.13 Å². The van der Waals surface area contributed by atoms with Crippen molar-refractivity contribution in [3.63, 3.8) is 0 Å². The van der Waals surface area contributed by atoms with Crippen molar-refractivity contribution >= 4 is 34.1 Å². The molecule has 0 unspecified atom stereocenters. The molecular formula is C20H18N2O3S2. The number of ether oxygens (including phenoxy) is 2. The normalized spacial score (nSPS) is 12.6. The number of fused-ring (bicyclic) bond motifs is 1. The minimum Gasteiger partial charge on any atom is -0.486 e. The average molecular weight is 399 g/mol. The van der Waals surface area contributed by atoms with Crippen LogP contribution in [-0.4, -0.2) is 29.9 Å². The van der Waals surface area contributed by atoms with Gasteiger partial charge in [-0.15, -0.1) is 23.1 Å². The van der Waals surface area contributed by atoms with Gasteiger partial charge in [0.1, 0.15) is 13.2 Å². The Hall–Kier alpha value is -2.51. The SMILES string of the molecule is CCSc1cccc(C(=O)Nc2nc(-c3ccc4c(c3)OCCO4)cs2)c1. The molecule has 0 aliphatic carbocycles. The van der Waals surface area contributed by atoms with Crippen LogP contribution < -0.4 is 14.8 Å². The second-order valence-corrected chi connectivity index (χ2v) is 8.01. The summed E-state index contributed by atoms with van der Waals surface area (Å²) in [5.74, 6) is 2.29. The highest BCUT2D eigenvalue weighted by Crippen LogP contribution is 2.35. The van der Waals surface area contributed by atoms with Crippen molar-refractivity contribution in [2.45, 2.75) is 11.8 Å². The van der Waals surface area contributed by atoms with Crippen molar-refractivity contribution in [1.29, 1.82) is 0 Å². The Labute approximate surface area is 165 Å². The number of amides is 1. The Kier molecular flexibility index (Phi) is 5.31. The number of benzene rings is 2. The van der Waals surface area contributed by atoms with E-state index in [1.54, 1.807) is 11.8 Å². The Balaban J connectivity index is 1.49. The third-order valence-electron chi connectivity index (χ3n) is 3.97. The van der Waals surface area contributed by atoms with E-state index in [1.165, 1.54) is 11.3 Å². The third kappa shape index (κ3) is 4.09. The van der Waals surface area contributed by atoms with Crippen LogP contribution in [0, 0.1) is 0 Å². The van der Waals surface area contributed by atoms with Gasteiger partial charge in [-0.05, 0) is 42.2 Å². The van der Waals surface area contributed by atoms with E-state index < -0.39 is 0 Å².